The highest BCUT2D eigenvalue weighted by Gasteiger charge is 2.23. The Kier molecular flexibility index (Phi) is 5.26. The average Bonchev–Trinajstić information content (AvgIpc) is 2.13. The minimum Gasteiger partial charge on any atom is -0.327 e. The molecule has 1 fully saturated rings. The van der Waals surface area contributed by atoms with Crippen LogP contribution in [0.4, 0.5) is 0 Å². The monoisotopic (exact) mass is 226 g/mol. The summed E-state index contributed by atoms with van der Waals surface area (Å²) in [6.45, 7) is 12.6. The van der Waals surface area contributed by atoms with Crippen molar-refractivity contribution in [3.05, 3.63) is 0 Å². The molecule has 0 bridgehead atoms. The summed E-state index contributed by atoms with van der Waals surface area (Å²) in [6.07, 6.45) is 5.47. The van der Waals surface area contributed by atoms with E-state index >= 15 is 0 Å². The Morgan fingerprint density at radius 1 is 1.31 bits per heavy atom. The number of rotatable bonds is 6. The Morgan fingerprint density at radius 2 is 1.94 bits per heavy atom. The smallest absolute Gasteiger partial charge is 0.00998 e. The molecule has 0 aliphatic heterocycles. The zero-order valence-electron chi connectivity index (χ0n) is 11.6. The fourth-order valence-corrected chi connectivity index (χ4v) is 2.17. The Morgan fingerprint density at radius 3 is 2.31 bits per heavy atom. The van der Waals surface area contributed by atoms with Crippen molar-refractivity contribution in [3.8, 4) is 0 Å². The average molecular weight is 226 g/mol. The van der Waals surface area contributed by atoms with Gasteiger partial charge in [0.2, 0.25) is 0 Å². The molecule has 1 unspecified atom stereocenters. The number of nitrogens with two attached hydrogens (primary N) is 1. The largest absolute Gasteiger partial charge is 0.327 e. The molecule has 1 rings (SSSR count). The van der Waals surface area contributed by atoms with E-state index in [2.05, 4.69) is 32.6 Å². The normalized spacial score (nSPS) is 19.9. The summed E-state index contributed by atoms with van der Waals surface area (Å²) in [5, 5.41) is 0. The predicted molar refractivity (Wildman–Crippen MR) is 71.5 cm³/mol. The first-order valence-electron chi connectivity index (χ1n) is 6.91. The van der Waals surface area contributed by atoms with Crippen molar-refractivity contribution >= 4 is 0 Å². The van der Waals surface area contributed by atoms with Crippen LogP contribution in [-0.4, -0.2) is 30.6 Å². The van der Waals surface area contributed by atoms with Gasteiger partial charge in [-0.1, -0.05) is 34.1 Å². The van der Waals surface area contributed by atoms with Gasteiger partial charge in [0.05, 0.1) is 0 Å². The van der Waals surface area contributed by atoms with Crippen LogP contribution in [0.1, 0.15) is 53.4 Å². The third-order valence-electron chi connectivity index (χ3n) is 4.06. The molecular formula is C14H30N2. The molecule has 0 aromatic rings. The van der Waals surface area contributed by atoms with Crippen LogP contribution in [0.25, 0.3) is 0 Å². The maximum absolute atomic E-state index is 6.20. The maximum atomic E-state index is 6.20. The molecule has 1 atom stereocenters. The molecule has 1 saturated carbocycles. The van der Waals surface area contributed by atoms with Gasteiger partial charge < -0.3 is 10.6 Å². The molecule has 1 aliphatic carbocycles. The quantitative estimate of drug-likeness (QED) is 0.754. The van der Waals surface area contributed by atoms with Crippen molar-refractivity contribution in [1.29, 1.82) is 0 Å². The van der Waals surface area contributed by atoms with Crippen LogP contribution in [0.15, 0.2) is 0 Å². The molecule has 2 N–H and O–H groups in total. The van der Waals surface area contributed by atoms with E-state index in [1.807, 2.05) is 0 Å². The molecule has 0 spiro atoms. The van der Waals surface area contributed by atoms with Crippen molar-refractivity contribution in [2.45, 2.75) is 59.4 Å². The van der Waals surface area contributed by atoms with E-state index in [0.29, 0.717) is 6.04 Å². The van der Waals surface area contributed by atoms with Crippen molar-refractivity contribution in [2.24, 2.45) is 17.1 Å². The second-order valence-corrected chi connectivity index (χ2v) is 6.45. The van der Waals surface area contributed by atoms with Gasteiger partial charge in [-0.15, -0.1) is 0 Å². The second kappa shape index (κ2) is 6.02. The summed E-state index contributed by atoms with van der Waals surface area (Å²) in [5.41, 5.74) is 6.45. The van der Waals surface area contributed by atoms with Gasteiger partial charge in [-0.2, -0.15) is 0 Å². The second-order valence-electron chi connectivity index (χ2n) is 6.45. The van der Waals surface area contributed by atoms with Crippen LogP contribution in [0.2, 0.25) is 0 Å². The fourth-order valence-electron chi connectivity index (χ4n) is 2.17. The number of hydrogen-bond donors (Lipinski definition) is 1. The first kappa shape index (κ1) is 14.0. The number of nitrogens with zero attached hydrogens (tertiary/aromatic N) is 1. The third kappa shape index (κ3) is 4.42. The van der Waals surface area contributed by atoms with E-state index in [1.165, 1.54) is 38.9 Å². The Balaban J connectivity index is 2.22. The van der Waals surface area contributed by atoms with E-state index in [0.717, 1.165) is 12.3 Å². The van der Waals surface area contributed by atoms with Gasteiger partial charge in [0, 0.05) is 12.6 Å². The molecule has 0 aromatic carbocycles. The molecule has 2 heteroatoms. The van der Waals surface area contributed by atoms with Crippen molar-refractivity contribution in [2.75, 3.05) is 19.6 Å². The molecule has 0 heterocycles. The van der Waals surface area contributed by atoms with Crippen molar-refractivity contribution in [3.63, 3.8) is 0 Å². The van der Waals surface area contributed by atoms with E-state index in [4.69, 9.17) is 5.73 Å². The molecule has 0 saturated heterocycles. The van der Waals surface area contributed by atoms with Crippen molar-refractivity contribution in [1.82, 2.24) is 4.90 Å². The fraction of sp³-hybridized carbons (Fsp3) is 1.00. The highest BCUT2D eigenvalue weighted by molar-refractivity contribution is 4.79. The van der Waals surface area contributed by atoms with Gasteiger partial charge in [-0.3, -0.25) is 0 Å². The first-order valence-corrected chi connectivity index (χ1v) is 6.91. The Bertz CT molecular complexity index is 191. The summed E-state index contributed by atoms with van der Waals surface area (Å²) in [6, 6.07) is 0.322. The molecule has 16 heavy (non-hydrogen) atoms. The van der Waals surface area contributed by atoms with Crippen LogP contribution in [0.5, 0.6) is 0 Å². The minimum absolute atomic E-state index is 0.246. The topological polar surface area (TPSA) is 29.3 Å². The van der Waals surface area contributed by atoms with Gasteiger partial charge in [0.25, 0.3) is 0 Å². The lowest BCUT2D eigenvalue weighted by atomic mass is 9.84. The summed E-state index contributed by atoms with van der Waals surface area (Å²) in [7, 11) is 0. The van der Waals surface area contributed by atoms with Gasteiger partial charge in [0.1, 0.15) is 0 Å². The first-order chi connectivity index (χ1) is 7.43. The van der Waals surface area contributed by atoms with E-state index < -0.39 is 0 Å². The molecule has 0 aromatic heterocycles. The van der Waals surface area contributed by atoms with E-state index in [1.54, 1.807) is 0 Å². The lowest BCUT2D eigenvalue weighted by molar-refractivity contribution is 0.169. The number of hydrogen-bond acceptors (Lipinski definition) is 2. The van der Waals surface area contributed by atoms with Crippen LogP contribution in [0.3, 0.4) is 0 Å². The van der Waals surface area contributed by atoms with Crippen LogP contribution in [0, 0.1) is 11.3 Å². The Labute approximate surface area is 102 Å². The van der Waals surface area contributed by atoms with Gasteiger partial charge in [-0.25, -0.2) is 0 Å². The minimum atomic E-state index is 0.246. The van der Waals surface area contributed by atoms with Crippen LogP contribution < -0.4 is 5.73 Å². The Hall–Kier alpha value is -0.0800. The standard InChI is InChI=1S/C14H30N2/c1-5-16(11-12-7-6-8-12)10-9-13(15)14(2,3)4/h12-13H,5-11,15H2,1-4H3. The molecule has 0 amide bonds. The summed E-state index contributed by atoms with van der Waals surface area (Å²) in [5.74, 6) is 0.978. The van der Waals surface area contributed by atoms with Gasteiger partial charge in [0.15, 0.2) is 0 Å². The summed E-state index contributed by atoms with van der Waals surface area (Å²) in [4.78, 5) is 2.58. The van der Waals surface area contributed by atoms with E-state index in [-0.39, 0.29) is 5.41 Å². The molecule has 96 valence electrons. The highest BCUT2D eigenvalue weighted by atomic mass is 15.1. The molecule has 2 nitrogen and oxygen atoms in total. The lowest BCUT2D eigenvalue weighted by Gasteiger charge is -2.34. The third-order valence-corrected chi connectivity index (χ3v) is 4.06. The van der Waals surface area contributed by atoms with Crippen LogP contribution >= 0.6 is 0 Å². The molecule has 0 radical (unpaired) electrons. The highest BCUT2D eigenvalue weighted by Crippen LogP contribution is 2.27. The SMILES string of the molecule is CCN(CCC(N)C(C)(C)C)CC1CCC1. The van der Waals surface area contributed by atoms with Gasteiger partial charge >= 0.3 is 0 Å². The predicted octanol–water partition coefficient (Wildman–Crippen LogP) is 2.87. The summed E-state index contributed by atoms with van der Waals surface area (Å²) < 4.78 is 0. The van der Waals surface area contributed by atoms with Crippen molar-refractivity contribution < 1.29 is 0 Å². The van der Waals surface area contributed by atoms with Crippen LogP contribution in [-0.2, 0) is 0 Å². The zero-order chi connectivity index (χ0) is 12.2. The zero-order valence-corrected chi connectivity index (χ0v) is 11.6. The maximum Gasteiger partial charge on any atom is 0.00998 e. The van der Waals surface area contributed by atoms with Gasteiger partial charge in [-0.05, 0) is 43.7 Å². The molecular weight excluding hydrogens is 196 g/mol. The molecule has 1 aliphatic rings. The lowest BCUT2D eigenvalue weighted by Crippen LogP contribution is -2.40. The van der Waals surface area contributed by atoms with E-state index in [9.17, 15) is 0 Å². The summed E-state index contributed by atoms with van der Waals surface area (Å²) >= 11 is 0.